The van der Waals surface area contributed by atoms with Crippen molar-refractivity contribution in [3.05, 3.63) is 54.1 Å². The molecule has 0 bridgehead atoms. The van der Waals surface area contributed by atoms with Gasteiger partial charge in [-0.1, -0.05) is 12.1 Å². The van der Waals surface area contributed by atoms with E-state index >= 15 is 0 Å². The summed E-state index contributed by atoms with van der Waals surface area (Å²) in [5.41, 5.74) is 8.81. The summed E-state index contributed by atoms with van der Waals surface area (Å²) in [6.07, 6.45) is 0. The van der Waals surface area contributed by atoms with Crippen molar-refractivity contribution in [3.8, 4) is 5.75 Å². The zero-order valence-electron chi connectivity index (χ0n) is 11.5. The highest BCUT2D eigenvalue weighted by Crippen LogP contribution is 2.15. The van der Waals surface area contributed by atoms with E-state index in [9.17, 15) is 0 Å². The van der Waals surface area contributed by atoms with Gasteiger partial charge in [-0.3, -0.25) is 0 Å². The largest absolute Gasteiger partial charge is 0.492 e. The quantitative estimate of drug-likeness (QED) is 0.835. The number of aryl methyl sites for hydroxylation is 1. The summed E-state index contributed by atoms with van der Waals surface area (Å²) >= 11 is 0. The van der Waals surface area contributed by atoms with E-state index in [4.69, 9.17) is 10.5 Å². The molecule has 0 heterocycles. The lowest BCUT2D eigenvalue weighted by atomic mass is 10.2. The van der Waals surface area contributed by atoms with Gasteiger partial charge in [0.15, 0.2) is 0 Å². The number of hydrogen-bond donors (Lipinski definition) is 1. The average molecular weight is 256 g/mol. The van der Waals surface area contributed by atoms with E-state index in [-0.39, 0.29) is 0 Å². The van der Waals surface area contributed by atoms with Crippen molar-refractivity contribution >= 4 is 11.4 Å². The van der Waals surface area contributed by atoms with Crippen LogP contribution in [-0.2, 0) is 0 Å². The first-order chi connectivity index (χ1) is 9.15. The monoisotopic (exact) mass is 256 g/mol. The van der Waals surface area contributed by atoms with E-state index in [0.717, 1.165) is 23.7 Å². The van der Waals surface area contributed by atoms with Gasteiger partial charge in [-0.15, -0.1) is 0 Å². The summed E-state index contributed by atoms with van der Waals surface area (Å²) < 4.78 is 5.74. The molecule has 3 heteroatoms. The number of anilines is 2. The van der Waals surface area contributed by atoms with E-state index in [1.54, 1.807) is 0 Å². The standard InChI is InChI=1S/C16H20N2O/c1-13-4-3-5-16(12-13)19-11-10-18(2)15-8-6-14(17)7-9-15/h3-9,12H,10-11,17H2,1-2H3. The SMILES string of the molecule is Cc1cccc(OCCN(C)c2ccc(N)cc2)c1. The van der Waals surface area contributed by atoms with E-state index in [1.807, 2.05) is 49.5 Å². The minimum absolute atomic E-state index is 0.657. The van der Waals surface area contributed by atoms with Crippen molar-refractivity contribution in [2.24, 2.45) is 0 Å². The molecule has 0 aliphatic heterocycles. The maximum absolute atomic E-state index is 5.74. The van der Waals surface area contributed by atoms with Gasteiger partial charge >= 0.3 is 0 Å². The number of nitrogen functional groups attached to an aromatic ring is 1. The molecule has 19 heavy (non-hydrogen) atoms. The van der Waals surface area contributed by atoms with Crippen molar-refractivity contribution in [1.82, 2.24) is 0 Å². The average Bonchev–Trinajstić information content (AvgIpc) is 2.39. The molecule has 0 fully saturated rings. The third-order valence-electron chi connectivity index (χ3n) is 3.02. The molecule has 0 aliphatic rings. The van der Waals surface area contributed by atoms with Crippen LogP contribution in [0, 0.1) is 6.92 Å². The molecular formula is C16H20N2O. The van der Waals surface area contributed by atoms with Crippen molar-refractivity contribution in [1.29, 1.82) is 0 Å². The number of nitrogens with two attached hydrogens (primary N) is 1. The first kappa shape index (κ1) is 13.3. The number of rotatable bonds is 5. The Morgan fingerprint density at radius 3 is 2.53 bits per heavy atom. The molecule has 0 saturated heterocycles. The van der Waals surface area contributed by atoms with E-state index in [0.29, 0.717) is 6.61 Å². The Kier molecular flexibility index (Phi) is 4.29. The van der Waals surface area contributed by atoms with Gasteiger partial charge in [-0.05, 0) is 48.9 Å². The van der Waals surface area contributed by atoms with Crippen LogP contribution in [0.5, 0.6) is 5.75 Å². The van der Waals surface area contributed by atoms with Gasteiger partial charge in [0.1, 0.15) is 12.4 Å². The predicted molar refractivity (Wildman–Crippen MR) is 80.8 cm³/mol. The summed E-state index contributed by atoms with van der Waals surface area (Å²) in [7, 11) is 2.05. The van der Waals surface area contributed by atoms with Crippen LogP contribution in [-0.4, -0.2) is 20.2 Å². The van der Waals surface area contributed by atoms with Gasteiger partial charge in [0.05, 0.1) is 6.54 Å². The highest BCUT2D eigenvalue weighted by molar-refractivity contribution is 5.52. The molecule has 0 unspecified atom stereocenters. The second-order valence-corrected chi connectivity index (χ2v) is 4.68. The fraction of sp³-hybridized carbons (Fsp3) is 0.250. The lowest BCUT2D eigenvalue weighted by molar-refractivity contribution is 0.326. The molecule has 0 amide bonds. The van der Waals surface area contributed by atoms with Gasteiger partial charge in [0.2, 0.25) is 0 Å². The van der Waals surface area contributed by atoms with Crippen molar-refractivity contribution in [2.45, 2.75) is 6.92 Å². The molecular weight excluding hydrogens is 236 g/mol. The van der Waals surface area contributed by atoms with Gasteiger partial charge in [0.25, 0.3) is 0 Å². The molecule has 0 spiro atoms. The highest BCUT2D eigenvalue weighted by Gasteiger charge is 2.01. The van der Waals surface area contributed by atoms with Crippen LogP contribution in [0.4, 0.5) is 11.4 Å². The Morgan fingerprint density at radius 1 is 1.11 bits per heavy atom. The number of benzene rings is 2. The Morgan fingerprint density at radius 2 is 1.84 bits per heavy atom. The summed E-state index contributed by atoms with van der Waals surface area (Å²) in [5, 5.41) is 0. The molecule has 0 radical (unpaired) electrons. The van der Waals surface area contributed by atoms with Crippen LogP contribution in [0.3, 0.4) is 0 Å². The van der Waals surface area contributed by atoms with Gasteiger partial charge in [0, 0.05) is 18.4 Å². The molecule has 100 valence electrons. The minimum atomic E-state index is 0.657. The Hall–Kier alpha value is -2.16. The Labute approximate surface area is 114 Å². The predicted octanol–water partition coefficient (Wildman–Crippen LogP) is 3.09. The van der Waals surface area contributed by atoms with Crippen LogP contribution in [0.2, 0.25) is 0 Å². The molecule has 2 rings (SSSR count). The van der Waals surface area contributed by atoms with Gasteiger partial charge in [-0.2, -0.15) is 0 Å². The lowest BCUT2D eigenvalue weighted by Crippen LogP contribution is -2.23. The molecule has 2 N–H and O–H groups in total. The van der Waals surface area contributed by atoms with Gasteiger partial charge < -0.3 is 15.4 Å². The highest BCUT2D eigenvalue weighted by atomic mass is 16.5. The summed E-state index contributed by atoms with van der Waals surface area (Å²) in [6.45, 7) is 3.55. The fourth-order valence-electron chi connectivity index (χ4n) is 1.86. The molecule has 0 atom stereocenters. The normalized spacial score (nSPS) is 10.2. The number of hydrogen-bond acceptors (Lipinski definition) is 3. The number of nitrogens with zero attached hydrogens (tertiary/aromatic N) is 1. The van der Waals surface area contributed by atoms with Gasteiger partial charge in [-0.25, -0.2) is 0 Å². The van der Waals surface area contributed by atoms with Crippen LogP contribution >= 0.6 is 0 Å². The molecule has 3 nitrogen and oxygen atoms in total. The van der Waals surface area contributed by atoms with Crippen molar-refractivity contribution in [3.63, 3.8) is 0 Å². The maximum atomic E-state index is 5.74. The third-order valence-corrected chi connectivity index (χ3v) is 3.02. The summed E-state index contributed by atoms with van der Waals surface area (Å²) in [5.74, 6) is 0.922. The summed E-state index contributed by atoms with van der Waals surface area (Å²) in [4.78, 5) is 2.15. The van der Waals surface area contributed by atoms with E-state index in [2.05, 4.69) is 17.9 Å². The number of likely N-dealkylation sites (N-methyl/N-ethyl adjacent to an activating group) is 1. The maximum Gasteiger partial charge on any atom is 0.119 e. The molecule has 0 aromatic heterocycles. The summed E-state index contributed by atoms with van der Waals surface area (Å²) in [6, 6.07) is 16.0. The molecule has 2 aromatic carbocycles. The molecule has 0 aliphatic carbocycles. The van der Waals surface area contributed by atoms with E-state index < -0.39 is 0 Å². The topological polar surface area (TPSA) is 38.5 Å². The second kappa shape index (κ2) is 6.14. The van der Waals surface area contributed by atoms with Crippen LogP contribution in [0.1, 0.15) is 5.56 Å². The number of ether oxygens (including phenoxy) is 1. The smallest absolute Gasteiger partial charge is 0.119 e. The van der Waals surface area contributed by atoms with E-state index in [1.165, 1.54) is 5.56 Å². The first-order valence-corrected chi connectivity index (χ1v) is 6.41. The zero-order valence-corrected chi connectivity index (χ0v) is 11.5. The van der Waals surface area contributed by atoms with Crippen LogP contribution in [0.15, 0.2) is 48.5 Å². The van der Waals surface area contributed by atoms with Crippen molar-refractivity contribution in [2.75, 3.05) is 30.8 Å². The third kappa shape index (κ3) is 3.91. The van der Waals surface area contributed by atoms with Crippen molar-refractivity contribution < 1.29 is 4.74 Å². The lowest BCUT2D eigenvalue weighted by Gasteiger charge is -2.19. The Bertz CT molecular complexity index is 523. The molecule has 2 aromatic rings. The molecule has 0 saturated carbocycles. The fourth-order valence-corrected chi connectivity index (χ4v) is 1.86. The Balaban J connectivity index is 1.84. The zero-order chi connectivity index (χ0) is 13.7. The minimum Gasteiger partial charge on any atom is -0.492 e. The van der Waals surface area contributed by atoms with Crippen LogP contribution in [0.25, 0.3) is 0 Å². The van der Waals surface area contributed by atoms with Crippen LogP contribution < -0.4 is 15.4 Å². The first-order valence-electron chi connectivity index (χ1n) is 6.41. The second-order valence-electron chi connectivity index (χ2n) is 4.68.